The highest BCUT2D eigenvalue weighted by molar-refractivity contribution is 7.12. The van der Waals surface area contributed by atoms with Crippen LogP contribution < -0.4 is 5.73 Å². The first-order chi connectivity index (χ1) is 7.20. The van der Waals surface area contributed by atoms with E-state index in [4.69, 9.17) is 5.73 Å². The van der Waals surface area contributed by atoms with Crippen LogP contribution in [0.5, 0.6) is 0 Å². The number of carbonyl (C=O) groups excluding carboxylic acids is 1. The molecular formula is C12H17NOS. The number of nitrogens with two attached hydrogens (primary N) is 1. The molecule has 1 heterocycles. The number of Topliss-reactive ketones (excluding diaryl/α,β-unsaturated/α-hetero) is 1. The van der Waals surface area contributed by atoms with E-state index in [0.717, 1.165) is 29.7 Å². The van der Waals surface area contributed by atoms with E-state index in [0.29, 0.717) is 0 Å². The Kier molecular flexibility index (Phi) is 3.22. The Morgan fingerprint density at radius 2 is 2.20 bits per heavy atom. The smallest absolute Gasteiger partial charge is 0.177 e. The normalized spacial score (nSPS) is 26.5. The van der Waals surface area contributed by atoms with Crippen LogP contribution in [0.2, 0.25) is 0 Å². The van der Waals surface area contributed by atoms with Crippen molar-refractivity contribution in [3.63, 3.8) is 0 Å². The summed E-state index contributed by atoms with van der Waals surface area (Å²) in [4.78, 5) is 13.1. The maximum atomic E-state index is 12.2. The molecule has 0 saturated heterocycles. The van der Waals surface area contributed by atoms with Gasteiger partial charge >= 0.3 is 0 Å². The quantitative estimate of drug-likeness (QED) is 0.783. The monoisotopic (exact) mass is 223 g/mol. The summed E-state index contributed by atoms with van der Waals surface area (Å²) in [6.07, 6.45) is 4.29. The van der Waals surface area contributed by atoms with Gasteiger partial charge in [-0.05, 0) is 36.8 Å². The minimum Gasteiger partial charge on any atom is -0.327 e. The van der Waals surface area contributed by atoms with Gasteiger partial charge in [0.25, 0.3) is 0 Å². The van der Waals surface area contributed by atoms with Crippen molar-refractivity contribution in [3.05, 3.63) is 21.9 Å². The molecule has 2 rings (SSSR count). The van der Waals surface area contributed by atoms with Gasteiger partial charge in [-0.2, -0.15) is 0 Å². The van der Waals surface area contributed by atoms with Crippen LogP contribution in [0.4, 0.5) is 0 Å². The predicted octanol–water partition coefficient (Wildman–Crippen LogP) is 2.76. The fourth-order valence-corrected chi connectivity index (χ4v) is 3.21. The third kappa shape index (κ3) is 2.13. The highest BCUT2D eigenvalue weighted by Gasteiger charge is 2.30. The largest absolute Gasteiger partial charge is 0.327 e. The van der Waals surface area contributed by atoms with Gasteiger partial charge in [-0.3, -0.25) is 4.79 Å². The lowest BCUT2D eigenvalue weighted by Crippen LogP contribution is -2.38. The van der Waals surface area contributed by atoms with Gasteiger partial charge in [0.1, 0.15) is 0 Å². The first-order valence-corrected chi connectivity index (χ1v) is 6.42. The Balaban J connectivity index is 2.17. The van der Waals surface area contributed by atoms with Gasteiger partial charge in [0.15, 0.2) is 5.78 Å². The molecule has 0 bridgehead atoms. The molecule has 1 saturated carbocycles. The van der Waals surface area contributed by atoms with Crippen molar-refractivity contribution >= 4 is 17.1 Å². The molecular weight excluding hydrogens is 206 g/mol. The molecule has 2 unspecified atom stereocenters. The average Bonchev–Trinajstić information content (AvgIpc) is 2.64. The molecule has 82 valence electrons. The lowest BCUT2D eigenvalue weighted by Gasteiger charge is -2.27. The van der Waals surface area contributed by atoms with Crippen LogP contribution >= 0.6 is 11.3 Å². The van der Waals surface area contributed by atoms with Gasteiger partial charge in [0.2, 0.25) is 0 Å². The molecule has 0 amide bonds. The number of carbonyl (C=O) groups is 1. The van der Waals surface area contributed by atoms with Crippen LogP contribution in [0, 0.1) is 12.8 Å². The Bertz CT molecular complexity index is 358. The second kappa shape index (κ2) is 4.45. The zero-order chi connectivity index (χ0) is 10.8. The third-order valence-corrected chi connectivity index (χ3v) is 4.27. The molecule has 1 aromatic heterocycles. The van der Waals surface area contributed by atoms with Gasteiger partial charge < -0.3 is 5.73 Å². The van der Waals surface area contributed by atoms with Crippen LogP contribution in [-0.2, 0) is 0 Å². The molecule has 1 fully saturated rings. The van der Waals surface area contributed by atoms with Crippen LogP contribution in [0.1, 0.15) is 40.9 Å². The summed E-state index contributed by atoms with van der Waals surface area (Å²) in [6.45, 7) is 2.00. The average molecular weight is 223 g/mol. The first-order valence-electron chi connectivity index (χ1n) is 5.54. The fraction of sp³-hybridized carbons (Fsp3) is 0.583. The van der Waals surface area contributed by atoms with Gasteiger partial charge in [0.05, 0.1) is 4.88 Å². The summed E-state index contributed by atoms with van der Waals surface area (Å²) in [5.41, 5.74) is 7.12. The molecule has 0 aliphatic heterocycles. The first kappa shape index (κ1) is 10.8. The predicted molar refractivity (Wildman–Crippen MR) is 63.3 cm³/mol. The van der Waals surface area contributed by atoms with Crippen molar-refractivity contribution in [1.82, 2.24) is 0 Å². The number of hydrogen-bond acceptors (Lipinski definition) is 3. The molecule has 0 radical (unpaired) electrons. The van der Waals surface area contributed by atoms with E-state index in [-0.39, 0.29) is 17.7 Å². The SMILES string of the molecule is Cc1ccsc1C(=O)C1CCCCC1N. The molecule has 2 atom stereocenters. The van der Waals surface area contributed by atoms with E-state index in [2.05, 4.69) is 0 Å². The third-order valence-electron chi connectivity index (χ3n) is 3.24. The number of thiophene rings is 1. The van der Waals surface area contributed by atoms with E-state index < -0.39 is 0 Å². The highest BCUT2D eigenvalue weighted by atomic mass is 32.1. The highest BCUT2D eigenvalue weighted by Crippen LogP contribution is 2.29. The number of hydrogen-bond donors (Lipinski definition) is 1. The van der Waals surface area contributed by atoms with E-state index in [1.165, 1.54) is 6.42 Å². The Labute approximate surface area is 94.5 Å². The van der Waals surface area contributed by atoms with Crippen LogP contribution in [-0.4, -0.2) is 11.8 Å². The van der Waals surface area contributed by atoms with Crippen molar-refractivity contribution in [3.8, 4) is 0 Å². The second-order valence-electron chi connectivity index (χ2n) is 4.35. The molecule has 1 aliphatic carbocycles. The number of aryl methyl sites for hydroxylation is 1. The fourth-order valence-electron chi connectivity index (χ4n) is 2.28. The summed E-state index contributed by atoms with van der Waals surface area (Å²) < 4.78 is 0. The number of rotatable bonds is 2. The van der Waals surface area contributed by atoms with Gasteiger partial charge in [0, 0.05) is 12.0 Å². The summed E-state index contributed by atoms with van der Waals surface area (Å²) in [6, 6.07) is 2.08. The van der Waals surface area contributed by atoms with E-state index in [9.17, 15) is 4.79 Å². The lowest BCUT2D eigenvalue weighted by atomic mass is 9.81. The summed E-state index contributed by atoms with van der Waals surface area (Å²) in [7, 11) is 0. The standard InChI is InChI=1S/C12H17NOS/c1-8-6-7-15-12(8)11(14)9-4-2-3-5-10(9)13/h6-7,9-10H,2-5,13H2,1H3. The summed E-state index contributed by atoms with van der Waals surface area (Å²) >= 11 is 1.55. The molecule has 2 nitrogen and oxygen atoms in total. The number of ketones is 1. The molecule has 15 heavy (non-hydrogen) atoms. The van der Waals surface area contributed by atoms with E-state index >= 15 is 0 Å². The Hall–Kier alpha value is -0.670. The second-order valence-corrected chi connectivity index (χ2v) is 5.27. The lowest BCUT2D eigenvalue weighted by molar-refractivity contribution is 0.0875. The van der Waals surface area contributed by atoms with Crippen molar-refractivity contribution in [2.75, 3.05) is 0 Å². The topological polar surface area (TPSA) is 43.1 Å². The van der Waals surface area contributed by atoms with Crippen LogP contribution in [0.3, 0.4) is 0 Å². The van der Waals surface area contributed by atoms with Crippen LogP contribution in [0.25, 0.3) is 0 Å². The minimum atomic E-state index is 0.0658. The summed E-state index contributed by atoms with van der Waals surface area (Å²) in [5, 5.41) is 1.98. The van der Waals surface area contributed by atoms with Crippen molar-refractivity contribution in [2.24, 2.45) is 11.7 Å². The van der Waals surface area contributed by atoms with Crippen LogP contribution in [0.15, 0.2) is 11.4 Å². The Morgan fingerprint density at radius 1 is 1.47 bits per heavy atom. The van der Waals surface area contributed by atoms with Crippen molar-refractivity contribution in [1.29, 1.82) is 0 Å². The Morgan fingerprint density at radius 3 is 2.80 bits per heavy atom. The van der Waals surface area contributed by atoms with Gasteiger partial charge in [-0.1, -0.05) is 12.8 Å². The zero-order valence-electron chi connectivity index (χ0n) is 9.03. The minimum absolute atomic E-state index is 0.0658. The van der Waals surface area contributed by atoms with Gasteiger partial charge in [-0.15, -0.1) is 11.3 Å². The summed E-state index contributed by atoms with van der Waals surface area (Å²) in [5.74, 6) is 0.339. The maximum Gasteiger partial charge on any atom is 0.177 e. The van der Waals surface area contributed by atoms with Crippen molar-refractivity contribution < 1.29 is 4.79 Å². The molecule has 0 spiro atoms. The molecule has 2 N–H and O–H groups in total. The van der Waals surface area contributed by atoms with E-state index in [1.807, 2.05) is 18.4 Å². The molecule has 0 aromatic carbocycles. The molecule has 1 aromatic rings. The molecule has 3 heteroatoms. The maximum absolute atomic E-state index is 12.2. The zero-order valence-corrected chi connectivity index (χ0v) is 9.85. The molecule has 1 aliphatic rings. The van der Waals surface area contributed by atoms with Crippen molar-refractivity contribution in [2.45, 2.75) is 38.6 Å². The van der Waals surface area contributed by atoms with Gasteiger partial charge in [-0.25, -0.2) is 0 Å². The van der Waals surface area contributed by atoms with E-state index in [1.54, 1.807) is 11.3 Å².